The van der Waals surface area contributed by atoms with Crippen molar-refractivity contribution in [3.05, 3.63) is 65.7 Å². The summed E-state index contributed by atoms with van der Waals surface area (Å²) in [6.07, 6.45) is 6.35. The van der Waals surface area contributed by atoms with Crippen molar-refractivity contribution in [2.75, 3.05) is 0 Å². The molecule has 3 aromatic rings. The van der Waals surface area contributed by atoms with Gasteiger partial charge >= 0.3 is 0 Å². The second-order valence-electron chi connectivity index (χ2n) is 6.97. The molecule has 2 aliphatic rings. The molecule has 5 rings (SSSR count). The normalized spacial score (nSPS) is 20.9. The van der Waals surface area contributed by atoms with E-state index in [0.29, 0.717) is 5.69 Å². The molecule has 1 saturated heterocycles. The molecule has 2 bridgehead atoms. The summed E-state index contributed by atoms with van der Waals surface area (Å²) >= 11 is 0. The molecule has 6 nitrogen and oxygen atoms in total. The first kappa shape index (κ1) is 15.3. The number of aryl methyl sites for hydroxylation is 1. The average molecular weight is 345 g/mol. The van der Waals surface area contributed by atoms with Gasteiger partial charge in [-0.1, -0.05) is 30.3 Å². The summed E-state index contributed by atoms with van der Waals surface area (Å²) in [5, 5.41) is 4.14. The Labute approximate surface area is 151 Å². The predicted octanol–water partition coefficient (Wildman–Crippen LogP) is 2.78. The molecule has 6 heteroatoms. The first-order valence-electron chi connectivity index (χ1n) is 8.94. The van der Waals surface area contributed by atoms with E-state index in [2.05, 4.69) is 10.1 Å². The SMILES string of the molecule is Cn1nccc1C(=O)N1[C@H]2CC[C@@H]1c1cnc(-c3ccccc3)nc1C2. The Kier molecular flexibility index (Phi) is 3.38. The maximum Gasteiger partial charge on any atom is 0.272 e. The summed E-state index contributed by atoms with van der Waals surface area (Å²) in [6.45, 7) is 0. The quantitative estimate of drug-likeness (QED) is 0.716. The zero-order valence-electron chi connectivity index (χ0n) is 14.5. The van der Waals surface area contributed by atoms with Crippen LogP contribution in [0.1, 0.15) is 40.6 Å². The van der Waals surface area contributed by atoms with Crippen LogP contribution in [0, 0.1) is 0 Å². The van der Waals surface area contributed by atoms with Crippen LogP contribution < -0.4 is 0 Å². The minimum absolute atomic E-state index is 0.0512. The maximum atomic E-state index is 13.1. The molecule has 0 aliphatic carbocycles. The van der Waals surface area contributed by atoms with Gasteiger partial charge in [0.05, 0.1) is 11.7 Å². The van der Waals surface area contributed by atoms with Crippen LogP contribution in [0.25, 0.3) is 11.4 Å². The summed E-state index contributed by atoms with van der Waals surface area (Å²) in [5.41, 5.74) is 3.83. The van der Waals surface area contributed by atoms with Gasteiger partial charge in [-0.15, -0.1) is 0 Å². The van der Waals surface area contributed by atoms with E-state index >= 15 is 0 Å². The molecule has 0 radical (unpaired) electrons. The molecule has 2 aromatic heterocycles. The van der Waals surface area contributed by atoms with Crippen LogP contribution in [-0.2, 0) is 13.5 Å². The van der Waals surface area contributed by atoms with Gasteiger partial charge in [-0.25, -0.2) is 9.97 Å². The zero-order valence-corrected chi connectivity index (χ0v) is 14.5. The van der Waals surface area contributed by atoms with Crippen molar-refractivity contribution in [1.82, 2.24) is 24.6 Å². The van der Waals surface area contributed by atoms with Crippen molar-refractivity contribution in [2.24, 2.45) is 7.05 Å². The third-order valence-electron chi connectivity index (χ3n) is 5.50. The van der Waals surface area contributed by atoms with Gasteiger partial charge in [0.1, 0.15) is 5.69 Å². The van der Waals surface area contributed by atoms with Crippen LogP contribution in [0.3, 0.4) is 0 Å². The molecule has 0 unspecified atom stereocenters. The molecule has 1 fully saturated rings. The molecule has 0 N–H and O–H groups in total. The lowest BCUT2D eigenvalue weighted by molar-refractivity contribution is 0.0632. The number of hydrogen-bond acceptors (Lipinski definition) is 4. The highest BCUT2D eigenvalue weighted by atomic mass is 16.2. The molecule has 0 saturated carbocycles. The van der Waals surface area contributed by atoms with Crippen LogP contribution >= 0.6 is 0 Å². The van der Waals surface area contributed by atoms with E-state index in [9.17, 15) is 4.79 Å². The minimum atomic E-state index is 0.0512. The maximum absolute atomic E-state index is 13.1. The van der Waals surface area contributed by atoms with E-state index in [0.717, 1.165) is 41.9 Å². The van der Waals surface area contributed by atoms with Gasteiger partial charge in [0, 0.05) is 43.0 Å². The highest BCUT2D eigenvalue weighted by Crippen LogP contribution is 2.43. The molecule has 0 spiro atoms. The predicted molar refractivity (Wildman–Crippen MR) is 96.3 cm³/mol. The van der Waals surface area contributed by atoms with Crippen LogP contribution in [0.4, 0.5) is 0 Å². The largest absolute Gasteiger partial charge is 0.327 e. The van der Waals surface area contributed by atoms with Crippen molar-refractivity contribution in [3.63, 3.8) is 0 Å². The lowest BCUT2D eigenvalue weighted by Gasteiger charge is -2.35. The highest BCUT2D eigenvalue weighted by Gasteiger charge is 2.44. The third-order valence-corrected chi connectivity index (χ3v) is 5.50. The Hall–Kier alpha value is -3.02. The fraction of sp³-hybridized carbons (Fsp3) is 0.300. The van der Waals surface area contributed by atoms with Gasteiger partial charge in [0.2, 0.25) is 0 Å². The standard InChI is InChI=1S/C20H19N5O/c1-24-18(9-10-22-24)20(26)25-14-7-8-17(25)15-12-21-19(23-16(15)11-14)13-5-3-2-4-6-13/h2-6,9-10,12,14,17H,7-8,11H2,1H3/t14-,17+/m0/s1. The Bertz CT molecular complexity index is 981. The van der Waals surface area contributed by atoms with Gasteiger partial charge in [0.15, 0.2) is 5.82 Å². The number of nitrogens with zero attached hydrogens (tertiary/aromatic N) is 5. The second-order valence-corrected chi connectivity index (χ2v) is 6.97. The van der Waals surface area contributed by atoms with Crippen molar-refractivity contribution in [2.45, 2.75) is 31.3 Å². The van der Waals surface area contributed by atoms with Gasteiger partial charge < -0.3 is 4.90 Å². The van der Waals surface area contributed by atoms with Crippen molar-refractivity contribution >= 4 is 5.91 Å². The molecule has 130 valence electrons. The molecule has 2 atom stereocenters. The first-order valence-corrected chi connectivity index (χ1v) is 8.94. The zero-order chi connectivity index (χ0) is 17.7. The Balaban J connectivity index is 1.51. The van der Waals surface area contributed by atoms with Crippen molar-refractivity contribution < 1.29 is 4.79 Å². The van der Waals surface area contributed by atoms with Gasteiger partial charge in [-0.3, -0.25) is 9.48 Å². The van der Waals surface area contributed by atoms with E-state index in [1.165, 1.54) is 0 Å². The fourth-order valence-electron chi connectivity index (χ4n) is 4.23. The number of amides is 1. The summed E-state index contributed by atoms with van der Waals surface area (Å²) in [6, 6.07) is 12.1. The van der Waals surface area contributed by atoms with Gasteiger partial charge in [0.25, 0.3) is 5.91 Å². The topological polar surface area (TPSA) is 63.9 Å². The Morgan fingerprint density at radius 3 is 2.77 bits per heavy atom. The minimum Gasteiger partial charge on any atom is -0.327 e. The second kappa shape index (κ2) is 5.76. The number of carbonyl (C=O) groups excluding carboxylic acids is 1. The van der Waals surface area contributed by atoms with E-state index < -0.39 is 0 Å². The summed E-state index contributed by atoms with van der Waals surface area (Å²) < 4.78 is 1.65. The molecule has 4 heterocycles. The fourth-order valence-corrected chi connectivity index (χ4v) is 4.23. The smallest absolute Gasteiger partial charge is 0.272 e. The number of benzene rings is 1. The summed E-state index contributed by atoms with van der Waals surface area (Å²) in [5.74, 6) is 0.811. The van der Waals surface area contributed by atoms with Crippen molar-refractivity contribution in [3.8, 4) is 11.4 Å². The number of hydrogen-bond donors (Lipinski definition) is 0. The molecular formula is C20H19N5O. The van der Waals surface area contributed by atoms with Gasteiger partial charge in [-0.2, -0.15) is 5.10 Å². The molecule has 1 aromatic carbocycles. The monoisotopic (exact) mass is 345 g/mol. The number of rotatable bonds is 2. The van der Waals surface area contributed by atoms with Crippen LogP contribution in [0.5, 0.6) is 0 Å². The van der Waals surface area contributed by atoms with Crippen LogP contribution in [0.2, 0.25) is 0 Å². The Morgan fingerprint density at radius 2 is 2.00 bits per heavy atom. The summed E-state index contributed by atoms with van der Waals surface area (Å²) in [4.78, 5) is 24.5. The van der Waals surface area contributed by atoms with Crippen molar-refractivity contribution in [1.29, 1.82) is 0 Å². The molecule has 1 amide bonds. The average Bonchev–Trinajstić information content (AvgIpc) is 3.24. The molecular weight excluding hydrogens is 326 g/mol. The number of fused-ring (bicyclic) bond motifs is 4. The van der Waals surface area contributed by atoms with Crippen LogP contribution in [-0.4, -0.2) is 36.6 Å². The lowest BCUT2D eigenvalue weighted by Crippen LogP contribution is -2.43. The highest BCUT2D eigenvalue weighted by molar-refractivity contribution is 5.93. The van der Waals surface area contributed by atoms with E-state index in [-0.39, 0.29) is 18.0 Å². The van der Waals surface area contributed by atoms with E-state index in [4.69, 9.17) is 4.98 Å². The number of carbonyl (C=O) groups is 1. The Morgan fingerprint density at radius 1 is 1.15 bits per heavy atom. The summed E-state index contributed by atoms with van der Waals surface area (Å²) in [7, 11) is 1.81. The van der Waals surface area contributed by atoms with E-state index in [1.54, 1.807) is 16.9 Å². The lowest BCUT2D eigenvalue weighted by atomic mass is 9.98. The van der Waals surface area contributed by atoms with Gasteiger partial charge in [-0.05, 0) is 18.9 Å². The van der Waals surface area contributed by atoms with Crippen LogP contribution in [0.15, 0.2) is 48.8 Å². The number of aromatic nitrogens is 4. The first-order chi connectivity index (χ1) is 12.7. The molecule has 26 heavy (non-hydrogen) atoms. The molecule has 2 aliphatic heterocycles. The third kappa shape index (κ3) is 2.25. The van der Waals surface area contributed by atoms with E-state index in [1.807, 2.05) is 48.5 Å².